The quantitative estimate of drug-likeness (QED) is 0.796. The number of benzene rings is 2. The predicted octanol–water partition coefficient (Wildman–Crippen LogP) is 3.74. The van der Waals surface area contributed by atoms with Crippen molar-refractivity contribution in [3.63, 3.8) is 0 Å². The van der Waals surface area contributed by atoms with Crippen LogP contribution in [0.4, 0.5) is 8.78 Å². The first kappa shape index (κ1) is 19.6. The van der Waals surface area contributed by atoms with E-state index in [1.54, 1.807) is 6.07 Å². The number of halogens is 2. The third kappa shape index (κ3) is 4.05. The van der Waals surface area contributed by atoms with Gasteiger partial charge in [0.15, 0.2) is 0 Å². The van der Waals surface area contributed by atoms with Crippen LogP contribution < -0.4 is 9.47 Å². The van der Waals surface area contributed by atoms with Gasteiger partial charge in [-0.1, -0.05) is 6.07 Å². The molecular weight excluding hydrogens is 380 g/mol. The summed E-state index contributed by atoms with van der Waals surface area (Å²) in [5.74, 6) is -0.676. The van der Waals surface area contributed by atoms with Gasteiger partial charge in [-0.2, -0.15) is 0 Å². The predicted molar refractivity (Wildman–Crippen MR) is 102 cm³/mol. The van der Waals surface area contributed by atoms with E-state index in [-0.39, 0.29) is 24.0 Å². The van der Waals surface area contributed by atoms with Crippen LogP contribution in [-0.2, 0) is 16.8 Å². The highest BCUT2D eigenvalue weighted by molar-refractivity contribution is 5.66. The van der Waals surface area contributed by atoms with E-state index in [1.165, 1.54) is 18.2 Å². The summed E-state index contributed by atoms with van der Waals surface area (Å²) in [6.45, 7) is 2.56. The summed E-state index contributed by atoms with van der Waals surface area (Å²) >= 11 is 0. The van der Waals surface area contributed by atoms with Crippen LogP contribution in [0, 0.1) is 11.6 Å². The van der Waals surface area contributed by atoms with Crippen molar-refractivity contribution in [3.05, 3.63) is 59.2 Å². The molecule has 7 heteroatoms. The molecule has 0 atom stereocenters. The fourth-order valence-corrected chi connectivity index (χ4v) is 4.13. The van der Waals surface area contributed by atoms with Gasteiger partial charge in [-0.3, -0.25) is 4.79 Å². The molecule has 0 amide bonds. The Bertz CT molecular complexity index is 889. The van der Waals surface area contributed by atoms with E-state index in [0.29, 0.717) is 18.9 Å². The molecule has 1 spiro atoms. The minimum Gasteiger partial charge on any atom is -0.492 e. The lowest BCUT2D eigenvalue weighted by Crippen LogP contribution is -2.44. The average molecular weight is 403 g/mol. The highest BCUT2D eigenvalue weighted by atomic mass is 19.1. The molecule has 29 heavy (non-hydrogen) atoms. The second-order valence-corrected chi connectivity index (χ2v) is 7.70. The van der Waals surface area contributed by atoms with Crippen LogP contribution in [0.2, 0.25) is 0 Å². The maximum atomic E-state index is 13.8. The van der Waals surface area contributed by atoms with E-state index in [4.69, 9.17) is 14.6 Å². The zero-order valence-corrected chi connectivity index (χ0v) is 16.0. The summed E-state index contributed by atoms with van der Waals surface area (Å²) < 4.78 is 39.2. The number of aliphatic carboxylic acids is 1. The Labute approximate surface area is 167 Å². The monoisotopic (exact) mass is 403 g/mol. The van der Waals surface area contributed by atoms with E-state index in [9.17, 15) is 13.6 Å². The maximum Gasteiger partial charge on any atom is 0.304 e. The largest absolute Gasteiger partial charge is 0.492 e. The van der Waals surface area contributed by atoms with Gasteiger partial charge in [0.1, 0.15) is 29.7 Å². The number of hydrogen-bond donors (Lipinski definition) is 1. The highest BCUT2D eigenvalue weighted by Crippen LogP contribution is 2.46. The summed E-state index contributed by atoms with van der Waals surface area (Å²) in [6, 6.07) is 9.25. The molecule has 2 aromatic rings. The van der Waals surface area contributed by atoms with Gasteiger partial charge in [0.2, 0.25) is 0 Å². The summed E-state index contributed by atoms with van der Waals surface area (Å²) in [6.07, 6.45) is 1.88. The van der Waals surface area contributed by atoms with Crippen molar-refractivity contribution in [1.82, 2.24) is 4.90 Å². The van der Waals surface area contributed by atoms with Crippen LogP contribution in [0.1, 0.15) is 30.4 Å². The van der Waals surface area contributed by atoms with E-state index >= 15 is 0 Å². The Kier molecular flexibility index (Phi) is 5.41. The van der Waals surface area contributed by atoms with Crippen molar-refractivity contribution < 1.29 is 28.2 Å². The summed E-state index contributed by atoms with van der Waals surface area (Å²) in [5.41, 5.74) is 0.838. The second kappa shape index (κ2) is 7.99. The van der Waals surface area contributed by atoms with Gasteiger partial charge in [0.05, 0.1) is 18.6 Å². The van der Waals surface area contributed by atoms with E-state index < -0.39 is 17.6 Å². The third-order valence-corrected chi connectivity index (χ3v) is 5.93. The molecule has 0 bridgehead atoms. The van der Waals surface area contributed by atoms with E-state index in [1.807, 2.05) is 12.1 Å². The number of carboxylic acids is 1. The second-order valence-electron chi connectivity index (χ2n) is 7.70. The molecule has 4 rings (SSSR count). The van der Waals surface area contributed by atoms with E-state index in [2.05, 4.69) is 4.90 Å². The Balaban J connectivity index is 1.45. The molecule has 5 nitrogen and oxygen atoms in total. The topological polar surface area (TPSA) is 59.0 Å². The third-order valence-electron chi connectivity index (χ3n) is 5.93. The lowest BCUT2D eigenvalue weighted by Gasteiger charge is -2.38. The van der Waals surface area contributed by atoms with Crippen LogP contribution in [0.3, 0.4) is 0 Å². The number of piperidine rings is 1. The Morgan fingerprint density at radius 2 is 1.90 bits per heavy atom. The summed E-state index contributed by atoms with van der Waals surface area (Å²) in [7, 11) is 0. The standard InChI is InChI=1S/C22H23F2NO4/c23-18-2-1-3-19(24)16(18)13-28-15-4-5-20-17(12-15)22(14-29-20)7-10-25(11-8-22)9-6-21(26)27/h1-5,12H,6-11,13-14H2,(H,26,27). The Morgan fingerprint density at radius 1 is 1.17 bits per heavy atom. The number of carbonyl (C=O) groups is 1. The Morgan fingerprint density at radius 3 is 2.59 bits per heavy atom. The van der Waals surface area contributed by atoms with Gasteiger partial charge in [-0.15, -0.1) is 0 Å². The van der Waals surface area contributed by atoms with Gasteiger partial charge >= 0.3 is 5.97 Å². The lowest BCUT2D eigenvalue weighted by atomic mass is 9.74. The molecule has 2 heterocycles. The minimum atomic E-state index is -0.784. The summed E-state index contributed by atoms with van der Waals surface area (Å²) in [4.78, 5) is 13.0. The maximum absolute atomic E-state index is 13.8. The van der Waals surface area contributed by atoms with Crippen molar-refractivity contribution in [2.24, 2.45) is 0 Å². The molecular formula is C22H23F2NO4. The number of hydrogen-bond acceptors (Lipinski definition) is 4. The SMILES string of the molecule is O=C(O)CCN1CCC2(CC1)COc1ccc(OCc3c(F)cccc3F)cc12. The molecule has 0 unspecified atom stereocenters. The van der Waals surface area contributed by atoms with Gasteiger partial charge in [-0.05, 0) is 56.3 Å². The van der Waals surface area contributed by atoms with Crippen LogP contribution in [0.5, 0.6) is 11.5 Å². The molecule has 2 aliphatic heterocycles. The van der Waals surface area contributed by atoms with Crippen molar-refractivity contribution in [3.8, 4) is 11.5 Å². The summed E-state index contributed by atoms with van der Waals surface area (Å²) in [5, 5.41) is 8.87. The van der Waals surface area contributed by atoms with Crippen molar-refractivity contribution in [2.75, 3.05) is 26.2 Å². The molecule has 2 aliphatic rings. The number of ether oxygens (including phenoxy) is 2. The Hall–Kier alpha value is -2.67. The molecule has 0 saturated carbocycles. The van der Waals surface area contributed by atoms with Gasteiger partial charge in [-0.25, -0.2) is 8.78 Å². The number of carboxylic acid groups (broad SMARTS) is 1. The van der Waals surface area contributed by atoms with Gasteiger partial charge in [0.25, 0.3) is 0 Å². The fraction of sp³-hybridized carbons (Fsp3) is 0.409. The zero-order valence-electron chi connectivity index (χ0n) is 16.0. The van der Waals surface area contributed by atoms with Crippen molar-refractivity contribution in [1.29, 1.82) is 0 Å². The normalized spacial score (nSPS) is 17.7. The molecule has 0 aromatic heterocycles. The number of fused-ring (bicyclic) bond motifs is 2. The van der Waals surface area contributed by atoms with Crippen LogP contribution in [0.25, 0.3) is 0 Å². The zero-order chi connectivity index (χ0) is 20.4. The number of rotatable bonds is 6. The molecule has 2 aromatic carbocycles. The lowest BCUT2D eigenvalue weighted by molar-refractivity contribution is -0.137. The van der Waals surface area contributed by atoms with Crippen molar-refractivity contribution >= 4 is 5.97 Å². The highest BCUT2D eigenvalue weighted by Gasteiger charge is 2.43. The van der Waals surface area contributed by atoms with Crippen LogP contribution in [0.15, 0.2) is 36.4 Å². The molecule has 0 radical (unpaired) electrons. The number of nitrogens with zero attached hydrogens (tertiary/aromatic N) is 1. The molecule has 0 aliphatic carbocycles. The number of likely N-dealkylation sites (tertiary alicyclic amines) is 1. The first-order valence-electron chi connectivity index (χ1n) is 9.74. The smallest absolute Gasteiger partial charge is 0.304 e. The molecule has 154 valence electrons. The van der Waals surface area contributed by atoms with Gasteiger partial charge < -0.3 is 19.5 Å². The van der Waals surface area contributed by atoms with Crippen LogP contribution >= 0.6 is 0 Å². The molecule has 1 saturated heterocycles. The molecule has 1 N–H and O–H groups in total. The minimum absolute atomic E-state index is 0.0919. The van der Waals surface area contributed by atoms with Crippen molar-refractivity contribution in [2.45, 2.75) is 31.3 Å². The molecule has 1 fully saturated rings. The van der Waals surface area contributed by atoms with Gasteiger partial charge in [0, 0.05) is 17.5 Å². The van der Waals surface area contributed by atoms with E-state index in [0.717, 1.165) is 37.2 Å². The first-order valence-corrected chi connectivity index (χ1v) is 9.74. The average Bonchev–Trinajstić information content (AvgIpc) is 3.05. The first-order chi connectivity index (χ1) is 14.0. The van der Waals surface area contributed by atoms with Crippen LogP contribution in [-0.4, -0.2) is 42.2 Å². The fourth-order valence-electron chi connectivity index (χ4n) is 4.13.